The number of carbonyl (C=O) groups is 2. The van der Waals surface area contributed by atoms with E-state index in [-0.39, 0.29) is 22.6 Å². The molecule has 0 aromatic carbocycles. The first-order chi connectivity index (χ1) is 8.31. The van der Waals surface area contributed by atoms with E-state index in [4.69, 9.17) is 4.74 Å². The van der Waals surface area contributed by atoms with Gasteiger partial charge in [-0.15, -0.1) is 0 Å². The molecule has 1 fully saturated rings. The Labute approximate surface area is 109 Å². The van der Waals surface area contributed by atoms with Crippen molar-refractivity contribution in [2.24, 2.45) is 5.41 Å². The smallest absolute Gasteiger partial charge is 0.228 e. The van der Waals surface area contributed by atoms with E-state index in [0.29, 0.717) is 19.4 Å². The number of nitrogens with one attached hydrogen (secondary N) is 1. The van der Waals surface area contributed by atoms with Gasteiger partial charge in [-0.25, -0.2) is 0 Å². The maximum atomic E-state index is 12.3. The molecule has 0 aromatic rings. The van der Waals surface area contributed by atoms with E-state index in [1.165, 1.54) is 0 Å². The summed E-state index contributed by atoms with van der Waals surface area (Å²) in [5.74, 6) is 0.233. The van der Waals surface area contributed by atoms with Crippen LogP contribution in [0.5, 0.6) is 0 Å². The molecular formula is C14H25NO3. The van der Waals surface area contributed by atoms with E-state index >= 15 is 0 Å². The molecule has 0 spiro atoms. The number of hydrogen-bond acceptors (Lipinski definition) is 3. The Morgan fingerprint density at radius 1 is 1.33 bits per heavy atom. The monoisotopic (exact) mass is 255 g/mol. The minimum atomic E-state index is -0.334. The second kappa shape index (κ2) is 5.83. The van der Waals surface area contributed by atoms with Crippen LogP contribution in [0.4, 0.5) is 0 Å². The summed E-state index contributed by atoms with van der Waals surface area (Å²) in [6, 6.07) is 0. The third-order valence-corrected chi connectivity index (χ3v) is 3.77. The molecule has 0 saturated heterocycles. The number of ketones is 1. The third kappa shape index (κ3) is 3.80. The lowest BCUT2D eigenvalue weighted by molar-refractivity contribution is -0.142. The van der Waals surface area contributed by atoms with Gasteiger partial charge in [-0.3, -0.25) is 4.79 Å². The van der Waals surface area contributed by atoms with E-state index in [0.717, 1.165) is 19.3 Å². The van der Waals surface area contributed by atoms with Gasteiger partial charge in [0, 0.05) is 19.1 Å². The van der Waals surface area contributed by atoms with Crippen LogP contribution in [0, 0.1) is 5.41 Å². The van der Waals surface area contributed by atoms with E-state index in [9.17, 15) is 9.59 Å². The zero-order valence-electron chi connectivity index (χ0n) is 12.0. The maximum Gasteiger partial charge on any atom is 0.228 e. The molecule has 1 amide bonds. The van der Waals surface area contributed by atoms with Gasteiger partial charge in [0.2, 0.25) is 5.91 Å². The molecule has 18 heavy (non-hydrogen) atoms. The summed E-state index contributed by atoms with van der Waals surface area (Å²) in [5, 5.41) is 3.07. The van der Waals surface area contributed by atoms with Crippen LogP contribution in [-0.2, 0) is 14.3 Å². The standard InChI is InChI=1S/C14H25NO3/c1-11(16)6-9-13(2,3)15-12(17)14(10-18-4)7-5-8-14/h5-10H2,1-4H3,(H,15,17). The highest BCUT2D eigenvalue weighted by atomic mass is 16.5. The molecule has 1 aliphatic rings. The van der Waals surface area contributed by atoms with Crippen LogP contribution in [0.15, 0.2) is 0 Å². The Morgan fingerprint density at radius 2 is 1.94 bits per heavy atom. The van der Waals surface area contributed by atoms with Crippen LogP contribution in [0.25, 0.3) is 0 Å². The highest BCUT2D eigenvalue weighted by Gasteiger charge is 2.45. The molecule has 4 nitrogen and oxygen atoms in total. The molecule has 0 unspecified atom stereocenters. The third-order valence-electron chi connectivity index (χ3n) is 3.77. The summed E-state index contributed by atoms with van der Waals surface area (Å²) in [5.41, 5.74) is -0.665. The SMILES string of the molecule is COCC1(C(=O)NC(C)(C)CCC(C)=O)CCC1. The Hall–Kier alpha value is -0.900. The zero-order chi connectivity index (χ0) is 13.8. The number of hydrogen-bond donors (Lipinski definition) is 1. The molecule has 0 radical (unpaired) electrons. The van der Waals surface area contributed by atoms with Crippen LogP contribution < -0.4 is 5.32 Å². The number of carbonyl (C=O) groups excluding carboxylic acids is 2. The van der Waals surface area contributed by atoms with E-state index < -0.39 is 0 Å². The largest absolute Gasteiger partial charge is 0.384 e. The molecule has 0 aromatic heterocycles. The Balaban J connectivity index is 2.54. The lowest BCUT2D eigenvalue weighted by atomic mass is 9.68. The van der Waals surface area contributed by atoms with Gasteiger partial charge in [-0.1, -0.05) is 6.42 Å². The normalized spacial score (nSPS) is 18.0. The zero-order valence-corrected chi connectivity index (χ0v) is 12.0. The fraction of sp³-hybridized carbons (Fsp3) is 0.857. The highest BCUT2D eigenvalue weighted by Crippen LogP contribution is 2.41. The predicted molar refractivity (Wildman–Crippen MR) is 70.3 cm³/mol. The van der Waals surface area contributed by atoms with E-state index in [1.807, 2.05) is 13.8 Å². The van der Waals surface area contributed by atoms with E-state index in [2.05, 4.69) is 5.32 Å². The van der Waals surface area contributed by atoms with Gasteiger partial charge >= 0.3 is 0 Å². The molecule has 4 heteroatoms. The number of Topliss-reactive ketones (excluding diaryl/α,β-unsaturated/α-hetero) is 1. The molecule has 1 N–H and O–H groups in total. The Bertz CT molecular complexity index is 319. The van der Waals surface area contributed by atoms with Gasteiger partial charge in [0.25, 0.3) is 0 Å². The van der Waals surface area contributed by atoms with Gasteiger partial charge < -0.3 is 14.8 Å². The second-order valence-electron chi connectivity index (χ2n) is 6.11. The molecule has 1 rings (SSSR count). The van der Waals surface area contributed by atoms with Gasteiger partial charge in [-0.2, -0.15) is 0 Å². The summed E-state index contributed by atoms with van der Waals surface area (Å²) in [4.78, 5) is 23.3. The second-order valence-corrected chi connectivity index (χ2v) is 6.11. The quantitative estimate of drug-likeness (QED) is 0.757. The molecule has 1 aliphatic carbocycles. The van der Waals surface area contributed by atoms with Crippen molar-refractivity contribution in [3.63, 3.8) is 0 Å². The van der Waals surface area contributed by atoms with Crippen LogP contribution in [-0.4, -0.2) is 30.9 Å². The van der Waals surface area contributed by atoms with Crippen molar-refractivity contribution >= 4 is 11.7 Å². The number of amides is 1. The van der Waals surface area contributed by atoms with Gasteiger partial charge in [-0.05, 0) is 40.0 Å². The maximum absolute atomic E-state index is 12.3. The topological polar surface area (TPSA) is 55.4 Å². The van der Waals surface area contributed by atoms with E-state index in [1.54, 1.807) is 14.0 Å². The van der Waals surface area contributed by atoms with Crippen molar-refractivity contribution in [2.45, 2.75) is 58.4 Å². The van der Waals surface area contributed by atoms with Crippen molar-refractivity contribution < 1.29 is 14.3 Å². The molecule has 1 saturated carbocycles. The number of ether oxygens (including phenoxy) is 1. The van der Waals surface area contributed by atoms with Crippen molar-refractivity contribution in [3.05, 3.63) is 0 Å². The molecule has 0 atom stereocenters. The fourth-order valence-electron chi connectivity index (χ4n) is 2.31. The number of methoxy groups -OCH3 is 1. The molecular weight excluding hydrogens is 230 g/mol. The summed E-state index contributed by atoms with van der Waals surface area (Å²) in [6.45, 7) is 6.00. The predicted octanol–water partition coefficient (Wildman–Crippen LogP) is 2.07. The lowest BCUT2D eigenvalue weighted by Gasteiger charge is -2.42. The minimum absolute atomic E-state index is 0.0733. The van der Waals surface area contributed by atoms with Gasteiger partial charge in [0.05, 0.1) is 12.0 Å². The molecule has 0 bridgehead atoms. The van der Waals surface area contributed by atoms with Crippen molar-refractivity contribution in [1.82, 2.24) is 5.32 Å². The average molecular weight is 255 g/mol. The average Bonchev–Trinajstić information content (AvgIpc) is 2.20. The van der Waals surface area contributed by atoms with Gasteiger partial charge in [0.1, 0.15) is 5.78 Å². The van der Waals surface area contributed by atoms with Crippen molar-refractivity contribution in [3.8, 4) is 0 Å². The molecule has 104 valence electrons. The minimum Gasteiger partial charge on any atom is -0.384 e. The molecule has 0 heterocycles. The van der Waals surface area contributed by atoms with Crippen molar-refractivity contribution in [2.75, 3.05) is 13.7 Å². The lowest BCUT2D eigenvalue weighted by Crippen LogP contribution is -2.54. The first-order valence-corrected chi connectivity index (χ1v) is 6.62. The first-order valence-electron chi connectivity index (χ1n) is 6.62. The van der Waals surface area contributed by atoms with Crippen LogP contribution >= 0.6 is 0 Å². The Morgan fingerprint density at radius 3 is 2.33 bits per heavy atom. The highest BCUT2D eigenvalue weighted by molar-refractivity contribution is 5.84. The molecule has 0 aliphatic heterocycles. The fourth-order valence-corrected chi connectivity index (χ4v) is 2.31. The first kappa shape index (κ1) is 15.2. The number of rotatable bonds is 7. The summed E-state index contributed by atoms with van der Waals surface area (Å²) in [7, 11) is 1.63. The van der Waals surface area contributed by atoms with Crippen LogP contribution in [0.1, 0.15) is 52.9 Å². The summed E-state index contributed by atoms with van der Waals surface area (Å²) < 4.78 is 5.17. The summed E-state index contributed by atoms with van der Waals surface area (Å²) >= 11 is 0. The Kier molecular flexibility index (Phi) is 4.91. The van der Waals surface area contributed by atoms with Crippen molar-refractivity contribution in [1.29, 1.82) is 0 Å². The van der Waals surface area contributed by atoms with Gasteiger partial charge in [0.15, 0.2) is 0 Å². The summed E-state index contributed by atoms with van der Waals surface area (Å²) in [6.07, 6.45) is 4.07. The van der Waals surface area contributed by atoms with Crippen LogP contribution in [0.3, 0.4) is 0 Å². The van der Waals surface area contributed by atoms with Crippen LogP contribution in [0.2, 0.25) is 0 Å².